The van der Waals surface area contributed by atoms with Crippen molar-refractivity contribution in [2.45, 2.75) is 6.92 Å². The van der Waals surface area contributed by atoms with E-state index in [1.165, 1.54) is 12.1 Å². The second-order valence-corrected chi connectivity index (χ2v) is 6.30. The molecule has 20 heavy (non-hydrogen) atoms. The van der Waals surface area contributed by atoms with Gasteiger partial charge < -0.3 is 10.4 Å². The monoisotopic (exact) mass is 449 g/mol. The van der Waals surface area contributed by atoms with Crippen molar-refractivity contribution >= 4 is 50.1 Å². The van der Waals surface area contributed by atoms with Crippen molar-refractivity contribution in [3.63, 3.8) is 0 Å². The van der Waals surface area contributed by atoms with Crippen LogP contribution in [-0.2, 0) is 0 Å². The highest BCUT2D eigenvalue weighted by Crippen LogP contribution is 2.26. The molecule has 0 atom stereocenters. The molecule has 0 saturated carbocycles. The molecule has 0 aliphatic rings. The number of aryl methyl sites for hydroxylation is 1. The van der Waals surface area contributed by atoms with Crippen molar-refractivity contribution < 1.29 is 14.3 Å². The topological polar surface area (TPSA) is 49.3 Å². The van der Waals surface area contributed by atoms with Crippen LogP contribution >= 0.6 is 38.5 Å². The number of nitrogens with one attached hydrogen (secondary N) is 1. The number of phenolic OH excluding ortho intramolecular Hbond substituents is 1. The zero-order chi connectivity index (χ0) is 14.9. The molecule has 0 radical (unpaired) electrons. The lowest BCUT2D eigenvalue weighted by molar-refractivity contribution is 0.102. The first kappa shape index (κ1) is 15.2. The van der Waals surface area contributed by atoms with E-state index in [4.69, 9.17) is 0 Å². The molecule has 0 aliphatic carbocycles. The Hall–Kier alpha value is -1.15. The number of halogens is 3. The molecule has 1 amide bonds. The third kappa shape index (κ3) is 3.29. The minimum atomic E-state index is -0.481. The molecular weight excluding hydrogens is 440 g/mol. The SMILES string of the molecule is Cc1cc(Br)c(F)cc1NC(=O)c1cc(I)ccc1O. The Morgan fingerprint density at radius 2 is 2.05 bits per heavy atom. The molecule has 2 rings (SSSR count). The Morgan fingerprint density at radius 3 is 2.75 bits per heavy atom. The van der Waals surface area contributed by atoms with Crippen molar-refractivity contribution in [1.82, 2.24) is 0 Å². The van der Waals surface area contributed by atoms with E-state index in [-0.39, 0.29) is 11.3 Å². The van der Waals surface area contributed by atoms with Crippen molar-refractivity contribution in [2.75, 3.05) is 5.32 Å². The molecule has 0 aliphatic heterocycles. The normalized spacial score (nSPS) is 10.4. The third-order valence-electron chi connectivity index (χ3n) is 2.72. The molecule has 0 fully saturated rings. The predicted octanol–water partition coefficient (Wildman–Crippen LogP) is 4.46. The molecule has 0 saturated heterocycles. The lowest BCUT2D eigenvalue weighted by Crippen LogP contribution is -2.13. The summed E-state index contributed by atoms with van der Waals surface area (Å²) in [7, 11) is 0. The van der Waals surface area contributed by atoms with E-state index < -0.39 is 11.7 Å². The summed E-state index contributed by atoms with van der Waals surface area (Å²) in [5.41, 5.74) is 1.24. The number of benzene rings is 2. The van der Waals surface area contributed by atoms with Crippen molar-refractivity contribution in [3.05, 3.63) is 55.3 Å². The zero-order valence-electron chi connectivity index (χ0n) is 10.4. The summed E-state index contributed by atoms with van der Waals surface area (Å²) in [5.74, 6) is -1.05. The molecule has 104 valence electrons. The Morgan fingerprint density at radius 1 is 1.35 bits per heavy atom. The van der Waals surface area contributed by atoms with E-state index in [1.807, 2.05) is 22.6 Å². The van der Waals surface area contributed by atoms with E-state index in [0.717, 1.165) is 9.13 Å². The summed E-state index contributed by atoms with van der Waals surface area (Å²) in [5, 5.41) is 12.3. The van der Waals surface area contributed by atoms with Gasteiger partial charge in [0.15, 0.2) is 0 Å². The summed E-state index contributed by atoms with van der Waals surface area (Å²) in [6.07, 6.45) is 0. The van der Waals surface area contributed by atoms with Crippen LogP contribution < -0.4 is 5.32 Å². The molecule has 3 nitrogen and oxygen atoms in total. The Kier molecular flexibility index (Phi) is 4.64. The second-order valence-electron chi connectivity index (χ2n) is 4.20. The van der Waals surface area contributed by atoms with Gasteiger partial charge in [-0.2, -0.15) is 0 Å². The van der Waals surface area contributed by atoms with Gasteiger partial charge in [-0.15, -0.1) is 0 Å². The lowest BCUT2D eigenvalue weighted by atomic mass is 10.1. The van der Waals surface area contributed by atoms with Crippen LogP contribution in [0.4, 0.5) is 10.1 Å². The van der Waals surface area contributed by atoms with Gasteiger partial charge in [0, 0.05) is 9.26 Å². The molecule has 0 bridgehead atoms. The smallest absolute Gasteiger partial charge is 0.259 e. The number of hydrogen-bond acceptors (Lipinski definition) is 2. The molecule has 6 heteroatoms. The molecule has 2 aromatic rings. The number of rotatable bonds is 2. The highest BCUT2D eigenvalue weighted by Gasteiger charge is 2.14. The first-order valence-corrected chi connectivity index (χ1v) is 7.51. The molecule has 0 spiro atoms. The van der Waals surface area contributed by atoms with Crippen LogP contribution in [0.5, 0.6) is 5.75 Å². The summed E-state index contributed by atoms with van der Waals surface area (Å²) in [6.45, 7) is 1.76. The number of carbonyl (C=O) groups is 1. The van der Waals surface area contributed by atoms with Gasteiger partial charge in [-0.25, -0.2) is 4.39 Å². The molecule has 0 unspecified atom stereocenters. The van der Waals surface area contributed by atoms with Gasteiger partial charge in [0.2, 0.25) is 0 Å². The maximum Gasteiger partial charge on any atom is 0.259 e. The van der Waals surface area contributed by atoms with Crippen LogP contribution in [0, 0.1) is 16.3 Å². The van der Waals surface area contributed by atoms with Crippen LogP contribution in [0.25, 0.3) is 0 Å². The Labute approximate surface area is 137 Å². The fraction of sp³-hybridized carbons (Fsp3) is 0.0714. The fourth-order valence-electron chi connectivity index (χ4n) is 1.66. The molecule has 0 heterocycles. The van der Waals surface area contributed by atoms with Crippen molar-refractivity contribution in [3.8, 4) is 5.75 Å². The van der Waals surface area contributed by atoms with Crippen LogP contribution in [0.2, 0.25) is 0 Å². The van der Waals surface area contributed by atoms with Gasteiger partial charge in [-0.3, -0.25) is 4.79 Å². The lowest BCUT2D eigenvalue weighted by Gasteiger charge is -2.10. The minimum Gasteiger partial charge on any atom is -0.507 e. The Balaban J connectivity index is 2.32. The van der Waals surface area contributed by atoms with E-state index in [1.54, 1.807) is 25.1 Å². The fourth-order valence-corrected chi connectivity index (χ4v) is 2.61. The summed E-state index contributed by atoms with van der Waals surface area (Å²) in [4.78, 5) is 12.1. The highest BCUT2D eigenvalue weighted by molar-refractivity contribution is 14.1. The van der Waals surface area contributed by atoms with E-state index in [0.29, 0.717) is 10.2 Å². The van der Waals surface area contributed by atoms with Gasteiger partial charge in [-0.05, 0) is 81.3 Å². The summed E-state index contributed by atoms with van der Waals surface area (Å²) < 4.78 is 14.7. The first-order chi connectivity index (χ1) is 9.38. The van der Waals surface area contributed by atoms with Crippen LogP contribution in [0.1, 0.15) is 15.9 Å². The average Bonchev–Trinajstić information content (AvgIpc) is 2.38. The van der Waals surface area contributed by atoms with Crippen molar-refractivity contribution in [2.24, 2.45) is 0 Å². The zero-order valence-corrected chi connectivity index (χ0v) is 14.1. The summed E-state index contributed by atoms with van der Waals surface area (Å²) in [6, 6.07) is 7.53. The number of carbonyl (C=O) groups excluding carboxylic acids is 1. The largest absolute Gasteiger partial charge is 0.507 e. The Bertz CT molecular complexity index is 691. The van der Waals surface area contributed by atoms with Crippen LogP contribution in [-0.4, -0.2) is 11.0 Å². The third-order valence-corrected chi connectivity index (χ3v) is 4.00. The van der Waals surface area contributed by atoms with E-state index in [2.05, 4.69) is 21.2 Å². The molecule has 0 aromatic heterocycles. The first-order valence-electron chi connectivity index (χ1n) is 5.64. The molecule has 2 N–H and O–H groups in total. The van der Waals surface area contributed by atoms with Gasteiger partial charge in [0.25, 0.3) is 5.91 Å². The van der Waals surface area contributed by atoms with Crippen LogP contribution in [0.3, 0.4) is 0 Å². The van der Waals surface area contributed by atoms with Gasteiger partial charge in [0.05, 0.1) is 10.0 Å². The predicted molar refractivity (Wildman–Crippen MR) is 87.6 cm³/mol. The van der Waals surface area contributed by atoms with Crippen molar-refractivity contribution in [1.29, 1.82) is 0 Å². The second kappa shape index (κ2) is 6.09. The number of phenols is 1. The quantitative estimate of drug-likeness (QED) is 0.665. The number of hydrogen-bond donors (Lipinski definition) is 2. The number of aromatic hydroxyl groups is 1. The minimum absolute atomic E-state index is 0.113. The molecular formula is C14H10BrFINO2. The van der Waals surface area contributed by atoms with Gasteiger partial charge in [0.1, 0.15) is 11.6 Å². The average molecular weight is 450 g/mol. The van der Waals surface area contributed by atoms with E-state index in [9.17, 15) is 14.3 Å². The maximum atomic E-state index is 13.5. The number of amides is 1. The standard InChI is InChI=1S/C14H10BrFINO2/c1-7-4-10(15)11(16)6-12(7)18-14(20)9-5-8(17)2-3-13(9)19/h2-6,19H,1H3,(H,18,20). The van der Waals surface area contributed by atoms with Gasteiger partial charge >= 0.3 is 0 Å². The number of anilines is 1. The van der Waals surface area contributed by atoms with Gasteiger partial charge in [-0.1, -0.05) is 0 Å². The van der Waals surface area contributed by atoms with Crippen LogP contribution in [0.15, 0.2) is 34.8 Å². The summed E-state index contributed by atoms with van der Waals surface area (Å²) >= 11 is 5.13. The van der Waals surface area contributed by atoms with E-state index >= 15 is 0 Å². The molecule has 2 aromatic carbocycles. The maximum absolute atomic E-state index is 13.5. The highest BCUT2D eigenvalue weighted by atomic mass is 127.